The quantitative estimate of drug-likeness (QED) is 0.819. The van der Waals surface area contributed by atoms with Crippen LogP contribution in [-0.4, -0.2) is 91.5 Å². The zero-order valence-corrected chi connectivity index (χ0v) is 16.5. The van der Waals surface area contributed by atoms with Crippen LogP contribution in [0.1, 0.15) is 18.4 Å². The fraction of sp³-hybridized carbons (Fsp3) is 0.727. The van der Waals surface area contributed by atoms with Gasteiger partial charge in [-0.1, -0.05) is 30.3 Å². The first kappa shape index (κ1) is 19.3. The smallest absolute Gasteiger partial charge is 0.0594 e. The molecule has 0 aromatic heterocycles. The van der Waals surface area contributed by atoms with Crippen LogP contribution in [0, 0.1) is 11.8 Å². The van der Waals surface area contributed by atoms with Gasteiger partial charge in [0.1, 0.15) is 0 Å². The van der Waals surface area contributed by atoms with E-state index in [0.29, 0.717) is 24.5 Å². The molecule has 5 nitrogen and oxygen atoms in total. The van der Waals surface area contributed by atoms with Gasteiger partial charge in [-0.25, -0.2) is 0 Å². The number of benzene rings is 1. The zero-order chi connectivity index (χ0) is 18.5. The molecule has 4 rings (SSSR count). The van der Waals surface area contributed by atoms with Crippen molar-refractivity contribution in [1.82, 2.24) is 14.7 Å². The van der Waals surface area contributed by atoms with Crippen LogP contribution < -0.4 is 0 Å². The van der Waals surface area contributed by atoms with Crippen LogP contribution in [0.15, 0.2) is 30.3 Å². The van der Waals surface area contributed by atoms with Crippen molar-refractivity contribution in [2.24, 2.45) is 11.8 Å². The monoisotopic (exact) mass is 373 g/mol. The molecule has 27 heavy (non-hydrogen) atoms. The highest BCUT2D eigenvalue weighted by atomic mass is 16.5. The van der Waals surface area contributed by atoms with E-state index >= 15 is 0 Å². The number of hydrogen-bond donors (Lipinski definition) is 1. The van der Waals surface area contributed by atoms with Gasteiger partial charge in [0, 0.05) is 51.9 Å². The van der Waals surface area contributed by atoms with E-state index in [1.54, 1.807) is 0 Å². The van der Waals surface area contributed by atoms with Crippen molar-refractivity contribution in [3.63, 3.8) is 0 Å². The Kier molecular flexibility index (Phi) is 6.79. The molecule has 3 heterocycles. The molecule has 1 N–H and O–H groups in total. The van der Waals surface area contributed by atoms with Crippen LogP contribution in [0.4, 0.5) is 0 Å². The average Bonchev–Trinajstić information content (AvgIpc) is 3.13. The normalized spacial score (nSPS) is 29.4. The third-order valence-corrected chi connectivity index (χ3v) is 6.76. The summed E-state index contributed by atoms with van der Waals surface area (Å²) >= 11 is 0. The fourth-order valence-corrected chi connectivity index (χ4v) is 5.09. The minimum atomic E-state index is 0.332. The van der Waals surface area contributed by atoms with E-state index in [0.717, 1.165) is 52.5 Å². The molecule has 2 atom stereocenters. The maximum atomic E-state index is 9.91. The summed E-state index contributed by atoms with van der Waals surface area (Å²) in [5, 5.41) is 9.91. The number of hydrogen-bond acceptors (Lipinski definition) is 5. The first-order valence-electron chi connectivity index (χ1n) is 10.7. The van der Waals surface area contributed by atoms with Gasteiger partial charge in [0.15, 0.2) is 0 Å². The van der Waals surface area contributed by atoms with Crippen molar-refractivity contribution in [2.75, 3.05) is 65.6 Å². The first-order chi connectivity index (χ1) is 13.3. The number of piperidine rings is 1. The summed E-state index contributed by atoms with van der Waals surface area (Å²) in [5.41, 5.74) is 1.42. The molecule has 3 saturated heterocycles. The number of aliphatic hydroxyl groups excluding tert-OH is 1. The predicted molar refractivity (Wildman–Crippen MR) is 108 cm³/mol. The van der Waals surface area contributed by atoms with E-state index in [4.69, 9.17) is 4.74 Å². The van der Waals surface area contributed by atoms with Crippen molar-refractivity contribution >= 4 is 0 Å². The minimum absolute atomic E-state index is 0.332. The van der Waals surface area contributed by atoms with Gasteiger partial charge >= 0.3 is 0 Å². The van der Waals surface area contributed by atoms with E-state index in [2.05, 4.69) is 45.0 Å². The summed E-state index contributed by atoms with van der Waals surface area (Å²) in [4.78, 5) is 7.81. The molecule has 3 fully saturated rings. The topological polar surface area (TPSA) is 39.2 Å². The number of morpholine rings is 1. The highest BCUT2D eigenvalue weighted by molar-refractivity contribution is 5.14. The number of likely N-dealkylation sites (tertiary alicyclic amines) is 2. The van der Waals surface area contributed by atoms with Gasteiger partial charge in [0.25, 0.3) is 0 Å². The van der Waals surface area contributed by atoms with Crippen molar-refractivity contribution in [3.8, 4) is 0 Å². The Bertz CT molecular complexity index is 556. The summed E-state index contributed by atoms with van der Waals surface area (Å²) in [6.45, 7) is 11.0. The Morgan fingerprint density at radius 3 is 2.30 bits per heavy atom. The van der Waals surface area contributed by atoms with E-state index in [-0.39, 0.29) is 0 Å². The van der Waals surface area contributed by atoms with Crippen LogP contribution in [-0.2, 0) is 11.3 Å². The van der Waals surface area contributed by atoms with Gasteiger partial charge in [0.2, 0.25) is 0 Å². The number of aliphatic hydroxyl groups is 1. The minimum Gasteiger partial charge on any atom is -0.396 e. The molecule has 1 aromatic carbocycles. The number of rotatable bonds is 6. The molecule has 0 saturated carbocycles. The van der Waals surface area contributed by atoms with Crippen molar-refractivity contribution < 1.29 is 9.84 Å². The molecule has 0 bridgehead atoms. The van der Waals surface area contributed by atoms with Crippen LogP contribution >= 0.6 is 0 Å². The van der Waals surface area contributed by atoms with Gasteiger partial charge in [-0.3, -0.25) is 14.7 Å². The second-order valence-corrected chi connectivity index (χ2v) is 8.56. The van der Waals surface area contributed by atoms with E-state index in [1.165, 1.54) is 31.5 Å². The molecule has 150 valence electrons. The van der Waals surface area contributed by atoms with Crippen molar-refractivity contribution in [3.05, 3.63) is 35.9 Å². The van der Waals surface area contributed by atoms with Crippen molar-refractivity contribution in [1.29, 1.82) is 0 Å². The lowest BCUT2D eigenvalue weighted by atomic mass is 9.96. The number of ether oxygens (including phenoxy) is 1. The Hall–Kier alpha value is -0.980. The van der Waals surface area contributed by atoms with Gasteiger partial charge < -0.3 is 9.84 Å². The molecule has 5 heteroatoms. The zero-order valence-electron chi connectivity index (χ0n) is 16.5. The standard InChI is InChI=1S/C22H35N3O2/c26-18-21-17-25(16-20(21)15-24-10-12-27-13-11-24)22-6-8-23(9-7-22)14-19-4-2-1-3-5-19/h1-5,20-22,26H,6-18H2. The summed E-state index contributed by atoms with van der Waals surface area (Å²) in [7, 11) is 0. The third-order valence-electron chi connectivity index (χ3n) is 6.76. The summed E-state index contributed by atoms with van der Waals surface area (Å²) < 4.78 is 5.48. The molecule has 0 spiro atoms. The predicted octanol–water partition coefficient (Wildman–Crippen LogP) is 1.52. The van der Waals surface area contributed by atoms with E-state index < -0.39 is 0 Å². The number of nitrogens with zero attached hydrogens (tertiary/aromatic N) is 3. The molecule has 1 aromatic rings. The Morgan fingerprint density at radius 1 is 0.889 bits per heavy atom. The highest BCUT2D eigenvalue weighted by Crippen LogP contribution is 2.29. The molecule has 3 aliphatic heterocycles. The summed E-state index contributed by atoms with van der Waals surface area (Å²) in [5.74, 6) is 1.05. The molecular formula is C22H35N3O2. The summed E-state index contributed by atoms with van der Waals surface area (Å²) in [6, 6.07) is 11.5. The van der Waals surface area contributed by atoms with Gasteiger partial charge in [-0.15, -0.1) is 0 Å². The van der Waals surface area contributed by atoms with Crippen LogP contribution in [0.2, 0.25) is 0 Å². The fourth-order valence-electron chi connectivity index (χ4n) is 5.09. The van der Waals surface area contributed by atoms with Crippen molar-refractivity contribution in [2.45, 2.75) is 25.4 Å². The highest BCUT2D eigenvalue weighted by Gasteiger charge is 2.37. The lowest BCUT2D eigenvalue weighted by molar-refractivity contribution is 0.0261. The molecule has 3 aliphatic rings. The lowest BCUT2D eigenvalue weighted by Crippen LogP contribution is -2.44. The van der Waals surface area contributed by atoms with Crippen LogP contribution in [0.25, 0.3) is 0 Å². The Morgan fingerprint density at radius 2 is 1.59 bits per heavy atom. The molecule has 0 radical (unpaired) electrons. The maximum absolute atomic E-state index is 9.91. The Balaban J connectivity index is 1.25. The average molecular weight is 374 g/mol. The van der Waals surface area contributed by atoms with Crippen LogP contribution in [0.3, 0.4) is 0 Å². The molecular weight excluding hydrogens is 338 g/mol. The second-order valence-electron chi connectivity index (χ2n) is 8.56. The largest absolute Gasteiger partial charge is 0.396 e. The van der Waals surface area contributed by atoms with Gasteiger partial charge in [-0.2, -0.15) is 0 Å². The van der Waals surface area contributed by atoms with Gasteiger partial charge in [-0.05, 0) is 43.3 Å². The Labute approximate surface area is 163 Å². The summed E-state index contributed by atoms with van der Waals surface area (Å²) in [6.07, 6.45) is 2.52. The maximum Gasteiger partial charge on any atom is 0.0594 e. The van der Waals surface area contributed by atoms with E-state index in [9.17, 15) is 5.11 Å². The van der Waals surface area contributed by atoms with Crippen LogP contribution in [0.5, 0.6) is 0 Å². The molecule has 2 unspecified atom stereocenters. The van der Waals surface area contributed by atoms with E-state index in [1.807, 2.05) is 0 Å². The van der Waals surface area contributed by atoms with Gasteiger partial charge in [0.05, 0.1) is 13.2 Å². The first-order valence-corrected chi connectivity index (χ1v) is 10.7. The third kappa shape index (κ3) is 5.09. The lowest BCUT2D eigenvalue weighted by Gasteiger charge is -2.37. The SMILES string of the molecule is OCC1CN(C2CCN(Cc3ccccc3)CC2)CC1CN1CCOCC1. The second kappa shape index (κ2) is 9.48. The molecule has 0 aliphatic carbocycles. The molecule has 0 amide bonds.